The molecule has 0 bridgehead atoms. The van der Waals surface area contributed by atoms with Gasteiger partial charge in [-0.3, -0.25) is 0 Å². The quantitative estimate of drug-likeness (QED) is 0.244. The van der Waals surface area contributed by atoms with Crippen molar-refractivity contribution in [3.8, 4) is 0 Å². The van der Waals surface area contributed by atoms with E-state index in [1.807, 2.05) is 0 Å². The van der Waals surface area contributed by atoms with Crippen LogP contribution in [0.15, 0.2) is 0 Å². The predicted molar refractivity (Wildman–Crippen MR) is 52.7 cm³/mol. The van der Waals surface area contributed by atoms with Gasteiger partial charge in [-0.1, -0.05) is 0 Å². The molecule has 4 N–H and O–H groups in total. The van der Waals surface area contributed by atoms with Crippen LogP contribution in [-0.2, 0) is 24.3 Å². The fourth-order valence-electron chi connectivity index (χ4n) is 0.620. The van der Waals surface area contributed by atoms with Crippen molar-refractivity contribution in [2.75, 3.05) is 52.7 Å². The molecular formula is C8H20N2O5. The molecule has 0 rings (SSSR count). The Morgan fingerprint density at radius 3 is 1.33 bits per heavy atom. The van der Waals surface area contributed by atoms with Crippen LogP contribution in [0.3, 0.4) is 0 Å². The van der Waals surface area contributed by atoms with Crippen molar-refractivity contribution in [1.82, 2.24) is 0 Å². The van der Waals surface area contributed by atoms with Crippen molar-refractivity contribution in [3.05, 3.63) is 0 Å². The first-order valence-corrected chi connectivity index (χ1v) is 4.88. The monoisotopic (exact) mass is 224 g/mol. The molecule has 0 heterocycles. The lowest BCUT2D eigenvalue weighted by Gasteiger charge is -2.05. The van der Waals surface area contributed by atoms with Crippen LogP contribution in [0.4, 0.5) is 0 Å². The lowest BCUT2D eigenvalue weighted by molar-refractivity contribution is -0.305. The zero-order valence-corrected chi connectivity index (χ0v) is 8.85. The number of hydrogen-bond donors (Lipinski definition) is 2. The van der Waals surface area contributed by atoms with Crippen LogP contribution in [0.25, 0.3) is 0 Å². The first-order valence-electron chi connectivity index (χ1n) is 4.88. The molecule has 0 spiro atoms. The fraction of sp³-hybridized carbons (Fsp3) is 1.00. The lowest BCUT2D eigenvalue weighted by atomic mass is 10.7. The third-order valence-electron chi connectivity index (χ3n) is 1.19. The van der Waals surface area contributed by atoms with Crippen LogP contribution in [0, 0.1) is 0 Å². The average Bonchev–Trinajstić information content (AvgIpc) is 2.26. The van der Waals surface area contributed by atoms with Crippen LogP contribution >= 0.6 is 0 Å². The van der Waals surface area contributed by atoms with Crippen molar-refractivity contribution in [3.63, 3.8) is 0 Å². The summed E-state index contributed by atoms with van der Waals surface area (Å²) in [4.78, 5) is 18.8. The molecule has 15 heavy (non-hydrogen) atoms. The molecule has 0 aromatic heterocycles. The molecule has 92 valence electrons. The van der Waals surface area contributed by atoms with E-state index in [9.17, 15) is 0 Å². The summed E-state index contributed by atoms with van der Waals surface area (Å²) in [5.74, 6) is 0. The van der Waals surface area contributed by atoms with Gasteiger partial charge in [0, 0.05) is 13.1 Å². The highest BCUT2D eigenvalue weighted by Gasteiger charge is 1.91. The van der Waals surface area contributed by atoms with Crippen molar-refractivity contribution in [1.29, 1.82) is 0 Å². The Labute approximate surface area is 89.4 Å². The van der Waals surface area contributed by atoms with Crippen LogP contribution in [0.2, 0.25) is 0 Å². The van der Waals surface area contributed by atoms with Gasteiger partial charge in [-0.25, -0.2) is 19.6 Å². The molecule has 0 saturated heterocycles. The first-order chi connectivity index (χ1) is 7.41. The molecule has 0 aromatic carbocycles. The van der Waals surface area contributed by atoms with Gasteiger partial charge in [-0.05, 0) is 0 Å². The summed E-state index contributed by atoms with van der Waals surface area (Å²) >= 11 is 0. The second kappa shape index (κ2) is 13.7. The molecule has 0 saturated carbocycles. The summed E-state index contributed by atoms with van der Waals surface area (Å²) in [7, 11) is 0. The van der Waals surface area contributed by atoms with Crippen molar-refractivity contribution in [2.24, 2.45) is 11.5 Å². The highest BCUT2D eigenvalue weighted by Crippen LogP contribution is 1.82. The number of nitrogens with two attached hydrogens (primary N) is 2. The normalized spacial score (nSPS) is 10.8. The minimum Gasteiger partial charge on any atom is -0.376 e. The molecule has 0 fully saturated rings. The first kappa shape index (κ1) is 14.7. The Morgan fingerprint density at radius 1 is 0.533 bits per heavy atom. The second-order valence-corrected chi connectivity index (χ2v) is 2.48. The molecule has 0 aromatic rings. The van der Waals surface area contributed by atoms with Gasteiger partial charge in [-0.15, -0.1) is 0 Å². The molecule has 7 heteroatoms. The summed E-state index contributed by atoms with van der Waals surface area (Å²) in [5, 5.41) is 0. The van der Waals surface area contributed by atoms with E-state index < -0.39 is 0 Å². The summed E-state index contributed by atoms with van der Waals surface area (Å²) < 4.78 is 5.12. The number of ether oxygens (including phenoxy) is 1. The highest BCUT2D eigenvalue weighted by molar-refractivity contribution is 4.29. The lowest BCUT2D eigenvalue weighted by Crippen LogP contribution is -2.14. The second-order valence-electron chi connectivity index (χ2n) is 2.48. The van der Waals surface area contributed by atoms with Gasteiger partial charge < -0.3 is 16.2 Å². The summed E-state index contributed by atoms with van der Waals surface area (Å²) in [5.41, 5.74) is 10.3. The van der Waals surface area contributed by atoms with Crippen LogP contribution in [0.1, 0.15) is 0 Å². The van der Waals surface area contributed by atoms with Gasteiger partial charge in [0.05, 0.1) is 26.4 Å². The minimum absolute atomic E-state index is 0.365. The molecule has 0 atom stereocenters. The zero-order valence-electron chi connectivity index (χ0n) is 8.85. The van der Waals surface area contributed by atoms with Gasteiger partial charge in [0.15, 0.2) is 0 Å². The molecule has 0 unspecified atom stereocenters. The smallest absolute Gasteiger partial charge is 0.106 e. The van der Waals surface area contributed by atoms with Gasteiger partial charge >= 0.3 is 0 Å². The maximum Gasteiger partial charge on any atom is 0.106 e. The highest BCUT2D eigenvalue weighted by atomic mass is 17.2. The van der Waals surface area contributed by atoms with Gasteiger partial charge in [0.25, 0.3) is 0 Å². The largest absolute Gasteiger partial charge is 0.376 e. The molecule has 0 radical (unpaired) electrons. The maximum absolute atomic E-state index is 5.17. The number of hydrogen-bond acceptors (Lipinski definition) is 7. The SMILES string of the molecule is NCCOOCCOCCOOCCN. The molecule has 0 aliphatic carbocycles. The topological polar surface area (TPSA) is 98.2 Å². The van der Waals surface area contributed by atoms with E-state index >= 15 is 0 Å². The van der Waals surface area contributed by atoms with Crippen molar-refractivity contribution in [2.45, 2.75) is 0 Å². The van der Waals surface area contributed by atoms with Crippen molar-refractivity contribution < 1.29 is 24.3 Å². The molecule has 0 aliphatic rings. The Kier molecular flexibility index (Phi) is 13.5. The van der Waals surface area contributed by atoms with E-state index in [0.29, 0.717) is 52.7 Å². The predicted octanol–water partition coefficient (Wildman–Crippen LogP) is -1.18. The standard InChI is InChI=1S/C8H20N2O5/c9-1-3-12-14-7-5-11-6-8-15-13-4-2-10/h1-10H2. The van der Waals surface area contributed by atoms with E-state index in [-0.39, 0.29) is 0 Å². The minimum atomic E-state index is 0.365. The molecule has 0 aliphatic heterocycles. The van der Waals surface area contributed by atoms with Crippen LogP contribution in [-0.4, -0.2) is 52.7 Å². The Hall–Kier alpha value is -0.280. The fourth-order valence-corrected chi connectivity index (χ4v) is 0.620. The number of rotatable bonds is 12. The van der Waals surface area contributed by atoms with Gasteiger partial charge in [0.2, 0.25) is 0 Å². The van der Waals surface area contributed by atoms with Gasteiger partial charge in [0.1, 0.15) is 13.2 Å². The van der Waals surface area contributed by atoms with Crippen LogP contribution in [0.5, 0.6) is 0 Å². The molecule has 0 amide bonds. The van der Waals surface area contributed by atoms with E-state index in [0.717, 1.165) is 0 Å². The maximum atomic E-state index is 5.17. The van der Waals surface area contributed by atoms with Gasteiger partial charge in [-0.2, -0.15) is 0 Å². The van der Waals surface area contributed by atoms with Crippen molar-refractivity contribution >= 4 is 0 Å². The molecular weight excluding hydrogens is 204 g/mol. The summed E-state index contributed by atoms with van der Waals surface area (Å²) in [6.07, 6.45) is 0. The Bertz CT molecular complexity index is 105. The Morgan fingerprint density at radius 2 is 0.933 bits per heavy atom. The van der Waals surface area contributed by atoms with Crippen LogP contribution < -0.4 is 11.5 Å². The van der Waals surface area contributed by atoms with E-state index in [1.165, 1.54) is 0 Å². The van der Waals surface area contributed by atoms with E-state index in [2.05, 4.69) is 9.78 Å². The third kappa shape index (κ3) is 13.7. The third-order valence-corrected chi connectivity index (χ3v) is 1.19. The average molecular weight is 224 g/mol. The summed E-state index contributed by atoms with van der Waals surface area (Å²) in [6.45, 7) is 3.25. The Balaban J connectivity index is 2.81. The molecule has 7 nitrogen and oxygen atoms in total. The zero-order chi connectivity index (χ0) is 11.2. The van der Waals surface area contributed by atoms with E-state index in [4.69, 9.17) is 26.0 Å². The summed E-state index contributed by atoms with van der Waals surface area (Å²) in [6, 6.07) is 0. The van der Waals surface area contributed by atoms with E-state index in [1.54, 1.807) is 0 Å².